The Morgan fingerprint density at radius 3 is 1.63 bits per heavy atom. The number of anilines is 1. The maximum atomic E-state index is 5.19. The Bertz CT molecular complexity index is 2060. The molecule has 0 fully saturated rings. The third-order valence-corrected chi connectivity index (χ3v) is 8.63. The molecule has 0 spiro atoms. The van der Waals surface area contributed by atoms with Gasteiger partial charge in [-0.3, -0.25) is 9.98 Å². The van der Waals surface area contributed by atoms with E-state index in [0.717, 1.165) is 84.9 Å². The van der Waals surface area contributed by atoms with E-state index in [-0.39, 0.29) is 26.3 Å². The summed E-state index contributed by atoms with van der Waals surface area (Å²) in [5.74, 6) is 0. The Kier molecular flexibility index (Phi) is 15.9. The summed E-state index contributed by atoms with van der Waals surface area (Å²) in [4.78, 5) is 25.5. The summed E-state index contributed by atoms with van der Waals surface area (Å²) >= 11 is 0.389. The van der Waals surface area contributed by atoms with Gasteiger partial charge in [-0.2, -0.15) is 0 Å². The van der Waals surface area contributed by atoms with Crippen molar-refractivity contribution in [1.29, 1.82) is 0 Å². The van der Waals surface area contributed by atoms with Crippen LogP contribution in [0.2, 0.25) is 0 Å². The summed E-state index contributed by atoms with van der Waals surface area (Å²) < 4.78 is 0. The van der Waals surface area contributed by atoms with Gasteiger partial charge in [0.2, 0.25) is 0 Å². The van der Waals surface area contributed by atoms with Crippen LogP contribution in [0.4, 0.5) is 22.7 Å². The quantitative estimate of drug-likeness (QED) is 0.137. The van der Waals surface area contributed by atoms with Gasteiger partial charge in [-0.05, 0) is 107 Å². The summed E-state index contributed by atoms with van der Waals surface area (Å²) in [6.07, 6.45) is 0.578. The van der Waals surface area contributed by atoms with Crippen molar-refractivity contribution >= 4 is 80.3 Å². The van der Waals surface area contributed by atoms with E-state index in [1.807, 2.05) is 56.3 Å². The molecule has 0 bridgehead atoms. The van der Waals surface area contributed by atoms with E-state index in [1.165, 1.54) is 0 Å². The van der Waals surface area contributed by atoms with Gasteiger partial charge < -0.3 is 5.32 Å². The molecule has 12 heteroatoms. The van der Waals surface area contributed by atoms with Crippen molar-refractivity contribution in [3.05, 3.63) is 142 Å². The zero-order chi connectivity index (χ0) is 37.8. The number of aromatic nitrogens is 2. The minimum atomic E-state index is -0.570. The molecule has 0 radical (unpaired) electrons. The van der Waals surface area contributed by atoms with Crippen LogP contribution in [0.3, 0.4) is 0 Å². The van der Waals surface area contributed by atoms with Crippen LogP contribution in [-0.2, 0) is 31.8 Å². The molecule has 0 saturated heterocycles. The third-order valence-electron chi connectivity index (χ3n) is 8.63. The van der Waals surface area contributed by atoms with Crippen molar-refractivity contribution < 1.29 is 26.3 Å². The van der Waals surface area contributed by atoms with Gasteiger partial charge in [0.25, 0.3) is 0 Å². The van der Waals surface area contributed by atoms with Gasteiger partial charge in [0.1, 0.15) is 0 Å². The Hall–Kier alpha value is -3.03. The predicted octanol–water partition coefficient (Wildman–Crippen LogP) is 12.6. The first-order valence-electron chi connectivity index (χ1n) is 16.3. The molecule has 6 rings (SSSR count). The first kappa shape index (κ1) is 41.7. The average Bonchev–Trinajstić information content (AvgIpc) is 3.29. The number of pyridine rings is 2. The van der Waals surface area contributed by atoms with Crippen LogP contribution in [0, 0.1) is 27.7 Å². The number of hydrogen-bond donors (Lipinski definition) is 1. The molecule has 6 nitrogen and oxygen atoms in total. The number of halogens is 4. The van der Waals surface area contributed by atoms with Crippen molar-refractivity contribution in [2.75, 3.05) is 5.32 Å². The van der Waals surface area contributed by atoms with Crippen LogP contribution < -0.4 is 5.32 Å². The minimum absolute atomic E-state index is 0.194. The molecule has 0 aliphatic carbocycles. The molecule has 0 saturated carbocycles. The number of aryl methyl sites for hydroxylation is 4. The fourth-order valence-electron chi connectivity index (χ4n) is 5.99. The zero-order valence-corrected chi connectivity index (χ0v) is 35.1. The van der Waals surface area contributed by atoms with Gasteiger partial charge >= 0.3 is 66.7 Å². The second-order valence-corrected chi connectivity index (χ2v) is 16.1. The molecule has 3 heterocycles. The number of aliphatic imine (C=N–C) groups is 3. The molecular weight excluding hydrogens is 818 g/mol. The first-order valence-corrected chi connectivity index (χ1v) is 22.4. The Morgan fingerprint density at radius 2 is 1.10 bits per heavy atom. The molecular formula is C40H40Cl4Fe2N6. The van der Waals surface area contributed by atoms with E-state index in [9.17, 15) is 0 Å². The SMILES string of the molecule is CC(=Nc1c(C)cccc1C)c1cccc(C2=Nc3ccccc3NC(C)(c3cccc(C(C)=Nc4c(C)cccc4C)n3)C2)n1.[Cl][Fe][Cl].[Cl][Fe][Cl]. The van der Waals surface area contributed by atoms with E-state index in [2.05, 4.69) is 94.5 Å². The van der Waals surface area contributed by atoms with E-state index in [4.69, 9.17) is 65.3 Å². The van der Waals surface area contributed by atoms with Gasteiger partial charge in [0.05, 0.1) is 68.2 Å². The predicted molar refractivity (Wildman–Crippen MR) is 216 cm³/mol. The molecule has 2 aromatic heterocycles. The monoisotopic (exact) mass is 856 g/mol. The first-order chi connectivity index (χ1) is 24.9. The number of hydrogen-bond acceptors (Lipinski definition) is 6. The van der Waals surface area contributed by atoms with Crippen LogP contribution in [0.1, 0.15) is 72.2 Å². The Labute approximate surface area is 336 Å². The van der Waals surface area contributed by atoms with E-state index in [0.29, 0.717) is 6.42 Å². The van der Waals surface area contributed by atoms with Crippen LogP contribution in [-0.4, -0.2) is 27.1 Å². The van der Waals surface area contributed by atoms with Crippen molar-refractivity contribution in [3.63, 3.8) is 0 Å². The number of para-hydroxylation sites is 4. The second kappa shape index (κ2) is 19.9. The summed E-state index contributed by atoms with van der Waals surface area (Å²) in [6, 6.07) is 32.9. The number of rotatable bonds is 6. The number of fused-ring (bicyclic) bond motifs is 1. The number of nitrogens with one attached hydrogen (secondary N) is 1. The molecule has 1 N–H and O–H groups in total. The number of nitrogens with zero attached hydrogens (tertiary/aromatic N) is 5. The van der Waals surface area contributed by atoms with Crippen molar-refractivity contribution in [2.45, 2.75) is 60.4 Å². The summed E-state index contributed by atoms with van der Waals surface area (Å²) in [5, 5.41) is 3.80. The summed E-state index contributed by atoms with van der Waals surface area (Å²) in [5.41, 5.74) is 13.9. The Morgan fingerprint density at radius 1 is 0.635 bits per heavy atom. The van der Waals surface area contributed by atoms with Crippen LogP contribution >= 0.6 is 40.4 Å². The summed E-state index contributed by atoms with van der Waals surface area (Å²) in [7, 11) is 19.1. The third kappa shape index (κ3) is 10.8. The van der Waals surface area contributed by atoms with Gasteiger partial charge in [0, 0.05) is 6.42 Å². The molecule has 1 aliphatic heterocycles. The van der Waals surface area contributed by atoms with E-state index < -0.39 is 5.54 Å². The molecule has 5 aromatic rings. The van der Waals surface area contributed by atoms with Gasteiger partial charge in [0.15, 0.2) is 0 Å². The maximum absolute atomic E-state index is 5.19. The van der Waals surface area contributed by atoms with E-state index >= 15 is 0 Å². The normalized spacial score (nSPS) is 15.6. The molecule has 1 aliphatic rings. The van der Waals surface area contributed by atoms with E-state index in [1.54, 1.807) is 0 Å². The molecule has 1 atom stereocenters. The van der Waals surface area contributed by atoms with Gasteiger partial charge in [-0.25, -0.2) is 15.0 Å². The number of benzene rings is 3. The van der Waals surface area contributed by atoms with Crippen LogP contribution in [0.25, 0.3) is 0 Å². The van der Waals surface area contributed by atoms with Crippen LogP contribution in [0.5, 0.6) is 0 Å². The van der Waals surface area contributed by atoms with Crippen molar-refractivity contribution in [1.82, 2.24) is 9.97 Å². The Balaban J connectivity index is 0.000000944. The second-order valence-electron chi connectivity index (χ2n) is 12.5. The van der Waals surface area contributed by atoms with Crippen molar-refractivity contribution in [3.8, 4) is 0 Å². The standard InChI is InChI=1S/C40H40N6.4ClH.2Fe/c1-25-14-10-15-26(2)38(25)41-29(5)31-20-12-22-34(43-31)36-24-40(7,46-35-19-9-8-18-33(35)44-36)37-23-13-21-32(45-37)30(6)42-39-27(3)16-11-17-28(39)4;;;;;;/h8-23,46H,24H2,1-7H3;4*1H;;/q;;;;;2*+2/p-4. The van der Waals surface area contributed by atoms with Gasteiger partial charge in [-0.15, -0.1) is 0 Å². The van der Waals surface area contributed by atoms with Crippen molar-refractivity contribution in [2.24, 2.45) is 15.0 Å². The average molecular weight is 858 g/mol. The topological polar surface area (TPSA) is 74.9 Å². The van der Waals surface area contributed by atoms with Crippen LogP contribution in [0.15, 0.2) is 112 Å². The fourth-order valence-corrected chi connectivity index (χ4v) is 5.99. The molecule has 52 heavy (non-hydrogen) atoms. The molecule has 3 aromatic carbocycles. The molecule has 1 unspecified atom stereocenters. The summed E-state index contributed by atoms with van der Waals surface area (Å²) in [6.45, 7) is 14.6. The molecule has 0 amide bonds. The van der Waals surface area contributed by atoms with Gasteiger partial charge in [-0.1, -0.05) is 60.7 Å². The zero-order valence-electron chi connectivity index (χ0n) is 29.9. The molecule has 274 valence electrons. The fraction of sp³-hybridized carbons (Fsp3) is 0.225.